The first-order valence-corrected chi connectivity index (χ1v) is 9.17. The fraction of sp³-hybridized carbons (Fsp3) is 0.350. The van der Waals surface area contributed by atoms with Gasteiger partial charge in [0.2, 0.25) is 0 Å². The monoisotopic (exact) mass is 390 g/mol. The molecule has 1 amide bonds. The molecule has 3 rings (SSSR count). The van der Waals surface area contributed by atoms with Gasteiger partial charge in [-0.05, 0) is 24.3 Å². The van der Waals surface area contributed by atoms with E-state index in [1.807, 2.05) is 24.3 Å². The van der Waals surface area contributed by atoms with Crippen LogP contribution in [0.2, 0.25) is 5.02 Å². The Kier molecular flexibility index (Phi) is 6.55. The first-order chi connectivity index (χ1) is 13.1. The Labute approximate surface area is 163 Å². The minimum Gasteiger partial charge on any atom is -0.493 e. The van der Waals surface area contributed by atoms with Crippen LogP contribution in [0.3, 0.4) is 0 Å². The van der Waals surface area contributed by atoms with Crippen LogP contribution >= 0.6 is 11.6 Å². The lowest BCUT2D eigenvalue weighted by Crippen LogP contribution is -2.34. The second-order valence-corrected chi connectivity index (χ2v) is 6.85. The number of methoxy groups -OCH3 is 1. The Bertz CT molecular complexity index is 799. The smallest absolute Gasteiger partial charge is 0.251 e. The molecule has 1 saturated heterocycles. The van der Waals surface area contributed by atoms with Crippen LogP contribution in [0.1, 0.15) is 15.9 Å². The van der Waals surface area contributed by atoms with Crippen molar-refractivity contribution in [2.75, 3.05) is 26.7 Å². The van der Waals surface area contributed by atoms with Crippen molar-refractivity contribution in [3.05, 3.63) is 58.6 Å². The van der Waals surface area contributed by atoms with E-state index in [2.05, 4.69) is 10.6 Å². The molecular weight excluding hydrogens is 368 g/mol. The second kappa shape index (κ2) is 9.08. The van der Waals surface area contributed by atoms with Gasteiger partial charge in [-0.25, -0.2) is 0 Å². The summed E-state index contributed by atoms with van der Waals surface area (Å²) in [6, 6.07) is 12.5. The van der Waals surface area contributed by atoms with Crippen molar-refractivity contribution >= 4 is 17.5 Å². The van der Waals surface area contributed by atoms with Gasteiger partial charge < -0.3 is 25.2 Å². The number of hydrogen-bond donors (Lipinski definition) is 3. The van der Waals surface area contributed by atoms with Gasteiger partial charge in [0.15, 0.2) is 11.5 Å². The molecule has 0 saturated carbocycles. The minimum atomic E-state index is -0.430. The number of β-amino-alcohol motifs (C(OH)–C–C–N with tert-alkyl or cyclic N) is 1. The van der Waals surface area contributed by atoms with E-state index in [1.165, 1.54) is 7.11 Å². The van der Waals surface area contributed by atoms with Crippen LogP contribution in [-0.2, 0) is 6.61 Å². The summed E-state index contributed by atoms with van der Waals surface area (Å²) in [7, 11) is 1.53. The lowest BCUT2D eigenvalue weighted by Gasteiger charge is -2.15. The van der Waals surface area contributed by atoms with E-state index < -0.39 is 6.10 Å². The molecule has 2 unspecified atom stereocenters. The number of rotatable bonds is 7. The van der Waals surface area contributed by atoms with Gasteiger partial charge in [0.1, 0.15) is 6.61 Å². The average Bonchev–Trinajstić information content (AvgIpc) is 3.10. The van der Waals surface area contributed by atoms with E-state index in [0.29, 0.717) is 48.3 Å². The van der Waals surface area contributed by atoms with Crippen LogP contribution in [0.5, 0.6) is 11.5 Å². The standard InChI is InChI=1S/C20H23ClN2O4/c1-26-19-8-13(20(25)23-10-15-9-22-11-17(15)24)6-7-18(19)27-12-14-4-2-3-5-16(14)21/h2-8,15,17,22,24H,9-12H2,1H3,(H,23,25). The van der Waals surface area contributed by atoms with Crippen molar-refractivity contribution in [2.24, 2.45) is 5.92 Å². The normalized spacial score (nSPS) is 18.9. The molecule has 1 aliphatic heterocycles. The summed E-state index contributed by atoms with van der Waals surface area (Å²) in [5, 5.41) is 16.4. The van der Waals surface area contributed by atoms with Crippen LogP contribution < -0.4 is 20.1 Å². The van der Waals surface area contributed by atoms with Gasteiger partial charge in [-0.1, -0.05) is 29.8 Å². The number of aliphatic hydroxyl groups is 1. The Morgan fingerprint density at radius 3 is 2.78 bits per heavy atom. The molecule has 6 nitrogen and oxygen atoms in total. The van der Waals surface area contributed by atoms with E-state index in [0.717, 1.165) is 5.56 Å². The molecule has 2 aromatic rings. The summed E-state index contributed by atoms with van der Waals surface area (Å²) in [5.74, 6) is 0.806. The topological polar surface area (TPSA) is 79.8 Å². The van der Waals surface area contributed by atoms with Crippen LogP contribution in [0.15, 0.2) is 42.5 Å². The Morgan fingerprint density at radius 1 is 1.26 bits per heavy atom. The summed E-state index contributed by atoms with van der Waals surface area (Å²) in [4.78, 5) is 12.4. The Hall–Kier alpha value is -2.28. The van der Waals surface area contributed by atoms with Gasteiger partial charge >= 0.3 is 0 Å². The number of benzene rings is 2. The maximum Gasteiger partial charge on any atom is 0.251 e. The third-order valence-corrected chi connectivity index (χ3v) is 4.96. The second-order valence-electron chi connectivity index (χ2n) is 6.44. The van der Waals surface area contributed by atoms with E-state index in [-0.39, 0.29) is 11.8 Å². The predicted molar refractivity (Wildman–Crippen MR) is 103 cm³/mol. The van der Waals surface area contributed by atoms with Crippen molar-refractivity contribution in [3.63, 3.8) is 0 Å². The van der Waals surface area contributed by atoms with Crippen LogP contribution in [0.25, 0.3) is 0 Å². The van der Waals surface area contributed by atoms with Crippen molar-refractivity contribution in [3.8, 4) is 11.5 Å². The molecule has 0 spiro atoms. The summed E-state index contributed by atoms with van der Waals surface area (Å²) in [6.45, 7) is 1.97. The summed E-state index contributed by atoms with van der Waals surface area (Å²) in [6.07, 6.45) is -0.430. The van der Waals surface area contributed by atoms with Crippen molar-refractivity contribution in [1.82, 2.24) is 10.6 Å². The van der Waals surface area contributed by atoms with Crippen LogP contribution in [0, 0.1) is 5.92 Å². The first kappa shape index (κ1) is 19.5. The van der Waals surface area contributed by atoms with Crippen molar-refractivity contribution < 1.29 is 19.4 Å². The number of ether oxygens (including phenoxy) is 2. The number of nitrogens with one attached hydrogen (secondary N) is 2. The van der Waals surface area contributed by atoms with Gasteiger partial charge in [-0.15, -0.1) is 0 Å². The third kappa shape index (κ3) is 4.91. The van der Waals surface area contributed by atoms with Crippen LogP contribution in [0.4, 0.5) is 0 Å². The van der Waals surface area contributed by atoms with Gasteiger partial charge in [-0.2, -0.15) is 0 Å². The Balaban J connectivity index is 1.63. The molecule has 0 aliphatic carbocycles. The van der Waals surface area contributed by atoms with E-state index in [9.17, 15) is 9.90 Å². The minimum absolute atomic E-state index is 0.0223. The fourth-order valence-electron chi connectivity index (χ4n) is 2.95. The average molecular weight is 391 g/mol. The quantitative estimate of drug-likeness (QED) is 0.675. The fourth-order valence-corrected chi connectivity index (χ4v) is 3.14. The van der Waals surface area contributed by atoms with Gasteiger partial charge in [0, 0.05) is 41.7 Å². The zero-order chi connectivity index (χ0) is 19.2. The van der Waals surface area contributed by atoms with Gasteiger partial charge in [0.05, 0.1) is 13.2 Å². The SMILES string of the molecule is COc1cc(C(=O)NCC2CNCC2O)ccc1OCc1ccccc1Cl. The maximum absolute atomic E-state index is 12.4. The third-order valence-electron chi connectivity index (χ3n) is 4.60. The summed E-state index contributed by atoms with van der Waals surface area (Å²) < 4.78 is 11.2. The predicted octanol–water partition coefficient (Wildman–Crippen LogP) is 2.24. The lowest BCUT2D eigenvalue weighted by molar-refractivity contribution is 0.0926. The number of amides is 1. The molecule has 0 radical (unpaired) electrons. The maximum atomic E-state index is 12.4. The van der Waals surface area contributed by atoms with Gasteiger partial charge in [0.25, 0.3) is 5.91 Å². The first-order valence-electron chi connectivity index (χ1n) is 8.79. The number of carbonyl (C=O) groups excluding carboxylic acids is 1. The molecular formula is C20H23ClN2O4. The number of aliphatic hydroxyl groups excluding tert-OH is 1. The number of halogens is 1. The highest BCUT2D eigenvalue weighted by Gasteiger charge is 2.25. The summed E-state index contributed by atoms with van der Waals surface area (Å²) >= 11 is 6.14. The van der Waals surface area contributed by atoms with Crippen molar-refractivity contribution in [1.29, 1.82) is 0 Å². The number of hydrogen-bond acceptors (Lipinski definition) is 5. The highest BCUT2D eigenvalue weighted by molar-refractivity contribution is 6.31. The van der Waals surface area contributed by atoms with Crippen molar-refractivity contribution in [2.45, 2.75) is 12.7 Å². The summed E-state index contributed by atoms with van der Waals surface area (Å²) in [5.41, 5.74) is 1.34. The molecule has 1 aliphatic rings. The van der Waals surface area contributed by atoms with E-state index >= 15 is 0 Å². The highest BCUT2D eigenvalue weighted by atomic mass is 35.5. The molecule has 0 bridgehead atoms. The molecule has 7 heteroatoms. The largest absolute Gasteiger partial charge is 0.493 e. The molecule has 1 heterocycles. The van der Waals surface area contributed by atoms with Gasteiger partial charge in [-0.3, -0.25) is 4.79 Å². The molecule has 2 atom stereocenters. The lowest BCUT2D eigenvalue weighted by atomic mass is 10.1. The van der Waals surface area contributed by atoms with E-state index in [1.54, 1.807) is 18.2 Å². The zero-order valence-corrected chi connectivity index (χ0v) is 15.8. The molecule has 27 heavy (non-hydrogen) atoms. The molecule has 2 aromatic carbocycles. The highest BCUT2D eigenvalue weighted by Crippen LogP contribution is 2.29. The molecule has 3 N–H and O–H groups in total. The molecule has 1 fully saturated rings. The molecule has 0 aromatic heterocycles. The number of carbonyl (C=O) groups is 1. The van der Waals surface area contributed by atoms with E-state index in [4.69, 9.17) is 21.1 Å². The van der Waals surface area contributed by atoms with Crippen LogP contribution in [-0.4, -0.2) is 43.9 Å². The molecule has 144 valence electrons. The zero-order valence-electron chi connectivity index (χ0n) is 15.1. The Morgan fingerprint density at radius 2 is 2.07 bits per heavy atom.